The standard InChI is InChI=1S/C20H24N2OS/c1-19(2,12-20(3,4)23)13-24-16-11-14-7-5-9-21-17(14)18-15(16)8-6-10-22-18/h5-11,23H,12-13H2,1-4H3. The minimum absolute atomic E-state index is 0.0430. The second kappa shape index (κ2) is 6.34. The van der Waals surface area contributed by atoms with Gasteiger partial charge in [-0.1, -0.05) is 26.0 Å². The van der Waals surface area contributed by atoms with E-state index in [2.05, 4.69) is 42.0 Å². The Balaban J connectivity index is 1.97. The molecule has 3 rings (SSSR count). The molecule has 0 unspecified atom stereocenters. The predicted octanol–water partition coefficient (Wildman–Crippen LogP) is 5.06. The van der Waals surface area contributed by atoms with Gasteiger partial charge in [-0.05, 0) is 43.9 Å². The molecule has 0 radical (unpaired) electrons. The van der Waals surface area contributed by atoms with Crippen LogP contribution in [-0.4, -0.2) is 26.4 Å². The average Bonchev–Trinajstić information content (AvgIpc) is 2.50. The molecule has 0 aliphatic heterocycles. The van der Waals surface area contributed by atoms with Crippen LogP contribution in [0.5, 0.6) is 0 Å². The molecule has 0 atom stereocenters. The molecule has 0 aliphatic rings. The van der Waals surface area contributed by atoms with Crippen LogP contribution in [0.25, 0.3) is 21.8 Å². The highest BCUT2D eigenvalue weighted by Crippen LogP contribution is 2.38. The van der Waals surface area contributed by atoms with E-state index >= 15 is 0 Å². The molecule has 0 saturated carbocycles. The molecule has 0 aliphatic carbocycles. The van der Waals surface area contributed by atoms with Crippen LogP contribution < -0.4 is 0 Å². The zero-order valence-corrected chi connectivity index (χ0v) is 15.5. The maximum atomic E-state index is 10.1. The van der Waals surface area contributed by atoms with Crippen molar-refractivity contribution in [3.63, 3.8) is 0 Å². The Labute approximate surface area is 147 Å². The van der Waals surface area contributed by atoms with Crippen LogP contribution in [0.4, 0.5) is 0 Å². The summed E-state index contributed by atoms with van der Waals surface area (Å²) in [5.41, 5.74) is 1.30. The molecule has 0 spiro atoms. The van der Waals surface area contributed by atoms with Crippen molar-refractivity contribution >= 4 is 33.6 Å². The van der Waals surface area contributed by atoms with Gasteiger partial charge in [0.1, 0.15) is 0 Å². The van der Waals surface area contributed by atoms with Gasteiger partial charge in [-0.15, -0.1) is 11.8 Å². The van der Waals surface area contributed by atoms with Gasteiger partial charge >= 0.3 is 0 Å². The Morgan fingerprint density at radius 2 is 1.67 bits per heavy atom. The first-order chi connectivity index (χ1) is 11.3. The lowest BCUT2D eigenvalue weighted by Crippen LogP contribution is -2.29. The van der Waals surface area contributed by atoms with Gasteiger partial charge in [0.05, 0.1) is 16.6 Å². The number of hydrogen-bond acceptors (Lipinski definition) is 4. The molecule has 0 fully saturated rings. The van der Waals surface area contributed by atoms with Crippen LogP contribution in [-0.2, 0) is 0 Å². The first kappa shape index (κ1) is 17.2. The first-order valence-electron chi connectivity index (χ1n) is 8.23. The highest BCUT2D eigenvalue weighted by molar-refractivity contribution is 7.99. The van der Waals surface area contributed by atoms with Crippen molar-refractivity contribution in [2.75, 3.05) is 5.75 Å². The summed E-state index contributed by atoms with van der Waals surface area (Å²) in [6.07, 6.45) is 4.40. The molecule has 0 amide bonds. The van der Waals surface area contributed by atoms with Crippen LogP contribution in [0, 0.1) is 5.41 Å². The van der Waals surface area contributed by atoms with Crippen LogP contribution in [0.2, 0.25) is 0 Å². The third-order valence-electron chi connectivity index (χ3n) is 3.95. The van der Waals surface area contributed by atoms with Crippen molar-refractivity contribution in [3.8, 4) is 0 Å². The summed E-state index contributed by atoms with van der Waals surface area (Å²) < 4.78 is 0. The Hall–Kier alpha value is -1.65. The van der Waals surface area contributed by atoms with E-state index in [0.29, 0.717) is 0 Å². The van der Waals surface area contributed by atoms with E-state index < -0.39 is 5.60 Å². The Morgan fingerprint density at radius 3 is 2.38 bits per heavy atom. The molecule has 2 heterocycles. The highest BCUT2D eigenvalue weighted by Gasteiger charge is 2.27. The number of aliphatic hydroxyl groups is 1. The molecule has 3 aromatic rings. The molecule has 1 N–H and O–H groups in total. The third-order valence-corrected chi connectivity index (χ3v) is 5.53. The second-order valence-electron chi connectivity index (χ2n) is 7.79. The van der Waals surface area contributed by atoms with Crippen molar-refractivity contribution in [2.45, 2.75) is 44.6 Å². The molecule has 126 valence electrons. The fourth-order valence-corrected chi connectivity index (χ4v) is 4.54. The molecule has 24 heavy (non-hydrogen) atoms. The van der Waals surface area contributed by atoms with Gasteiger partial charge in [-0.25, -0.2) is 0 Å². The predicted molar refractivity (Wildman–Crippen MR) is 102 cm³/mol. The first-order valence-corrected chi connectivity index (χ1v) is 9.21. The fourth-order valence-electron chi connectivity index (χ4n) is 3.36. The van der Waals surface area contributed by atoms with Crippen molar-refractivity contribution in [2.24, 2.45) is 5.41 Å². The third kappa shape index (κ3) is 3.87. The van der Waals surface area contributed by atoms with Gasteiger partial charge in [0.25, 0.3) is 0 Å². The number of aromatic nitrogens is 2. The second-order valence-corrected chi connectivity index (χ2v) is 8.81. The lowest BCUT2D eigenvalue weighted by Gasteiger charge is -2.31. The lowest BCUT2D eigenvalue weighted by atomic mass is 9.84. The summed E-state index contributed by atoms with van der Waals surface area (Å²) in [5, 5.41) is 12.4. The highest BCUT2D eigenvalue weighted by atomic mass is 32.2. The Morgan fingerprint density at radius 1 is 1.00 bits per heavy atom. The van der Waals surface area contributed by atoms with E-state index in [4.69, 9.17) is 0 Å². The van der Waals surface area contributed by atoms with E-state index in [0.717, 1.165) is 34.0 Å². The Kier molecular flexibility index (Phi) is 4.54. The number of benzene rings is 1. The molecular formula is C20H24N2OS. The van der Waals surface area contributed by atoms with E-state index in [-0.39, 0.29) is 5.41 Å². The van der Waals surface area contributed by atoms with Crippen LogP contribution in [0.3, 0.4) is 0 Å². The number of hydrogen-bond donors (Lipinski definition) is 1. The molecule has 0 saturated heterocycles. The van der Waals surface area contributed by atoms with Gasteiger partial charge in [0, 0.05) is 33.8 Å². The minimum Gasteiger partial charge on any atom is -0.390 e. The summed E-state index contributed by atoms with van der Waals surface area (Å²) in [6.45, 7) is 8.17. The summed E-state index contributed by atoms with van der Waals surface area (Å²) in [7, 11) is 0. The zero-order chi connectivity index (χ0) is 17.4. The lowest BCUT2D eigenvalue weighted by molar-refractivity contribution is 0.0383. The van der Waals surface area contributed by atoms with Crippen molar-refractivity contribution in [3.05, 3.63) is 42.7 Å². The molecule has 2 aromatic heterocycles. The maximum absolute atomic E-state index is 10.1. The Bertz CT molecular complexity index is 868. The molecular weight excluding hydrogens is 316 g/mol. The molecule has 3 nitrogen and oxygen atoms in total. The van der Waals surface area contributed by atoms with Gasteiger partial charge < -0.3 is 5.11 Å². The maximum Gasteiger partial charge on any atom is 0.0975 e. The topological polar surface area (TPSA) is 46.0 Å². The number of fused-ring (bicyclic) bond motifs is 3. The van der Waals surface area contributed by atoms with E-state index in [1.54, 1.807) is 0 Å². The van der Waals surface area contributed by atoms with Crippen LogP contribution >= 0.6 is 11.8 Å². The quantitative estimate of drug-likeness (QED) is 0.521. The average molecular weight is 340 g/mol. The summed E-state index contributed by atoms with van der Waals surface area (Å²) in [5.74, 6) is 0.937. The number of rotatable bonds is 5. The van der Waals surface area contributed by atoms with E-state index in [1.165, 1.54) is 4.90 Å². The monoisotopic (exact) mass is 340 g/mol. The van der Waals surface area contributed by atoms with Gasteiger partial charge in [-0.3, -0.25) is 9.97 Å². The number of thioether (sulfide) groups is 1. The van der Waals surface area contributed by atoms with Crippen molar-refractivity contribution < 1.29 is 5.11 Å². The normalized spacial score (nSPS) is 12.9. The number of nitrogens with zero attached hydrogens (tertiary/aromatic N) is 2. The van der Waals surface area contributed by atoms with Crippen molar-refractivity contribution in [1.29, 1.82) is 0 Å². The summed E-state index contributed by atoms with van der Waals surface area (Å²) >= 11 is 1.83. The van der Waals surface area contributed by atoms with E-state index in [9.17, 15) is 5.11 Å². The molecule has 1 aromatic carbocycles. The van der Waals surface area contributed by atoms with Gasteiger partial charge in [-0.2, -0.15) is 0 Å². The fraction of sp³-hybridized carbons (Fsp3) is 0.400. The summed E-state index contributed by atoms with van der Waals surface area (Å²) in [4.78, 5) is 10.3. The van der Waals surface area contributed by atoms with Gasteiger partial charge in [0.15, 0.2) is 0 Å². The number of pyridine rings is 2. The smallest absolute Gasteiger partial charge is 0.0975 e. The van der Waals surface area contributed by atoms with E-state index in [1.807, 2.05) is 50.1 Å². The minimum atomic E-state index is -0.652. The zero-order valence-electron chi connectivity index (χ0n) is 14.7. The van der Waals surface area contributed by atoms with Crippen LogP contribution in [0.1, 0.15) is 34.1 Å². The SMILES string of the molecule is CC(C)(O)CC(C)(C)CSc1cc2cccnc2c2ncccc12. The van der Waals surface area contributed by atoms with Crippen LogP contribution in [0.15, 0.2) is 47.6 Å². The van der Waals surface area contributed by atoms with Crippen molar-refractivity contribution in [1.82, 2.24) is 9.97 Å². The van der Waals surface area contributed by atoms with Gasteiger partial charge in [0.2, 0.25) is 0 Å². The largest absolute Gasteiger partial charge is 0.390 e. The molecule has 0 bridgehead atoms. The summed E-state index contributed by atoms with van der Waals surface area (Å²) in [6, 6.07) is 10.3. The molecule has 4 heteroatoms.